The summed E-state index contributed by atoms with van der Waals surface area (Å²) in [5.74, 6) is 2.47. The van der Waals surface area contributed by atoms with Crippen LogP contribution < -0.4 is 5.32 Å². The van der Waals surface area contributed by atoms with Gasteiger partial charge in [-0.1, -0.05) is 6.07 Å². The van der Waals surface area contributed by atoms with E-state index in [0.29, 0.717) is 0 Å². The molecule has 0 amide bonds. The highest BCUT2D eigenvalue weighted by Gasteiger charge is 2.12. The van der Waals surface area contributed by atoms with E-state index in [-0.39, 0.29) is 11.9 Å². The predicted molar refractivity (Wildman–Crippen MR) is 71.7 cm³/mol. The molecule has 2 rings (SSSR count). The molecular weight excluding hydrogens is 233 g/mol. The standard InChI is InChI=1S/C14H14FNS/c1-3-4-5-12(16-2)14-8-10-6-7-11(15)9-13(10)17-14/h1,6-9,12,16H,4-5H2,2H3. The van der Waals surface area contributed by atoms with E-state index in [4.69, 9.17) is 6.42 Å². The van der Waals surface area contributed by atoms with Crippen molar-refractivity contribution < 1.29 is 4.39 Å². The Hall–Kier alpha value is -1.37. The van der Waals surface area contributed by atoms with Crippen LogP contribution in [0, 0.1) is 18.2 Å². The topological polar surface area (TPSA) is 12.0 Å². The third-order valence-corrected chi connectivity index (χ3v) is 3.98. The van der Waals surface area contributed by atoms with Crippen LogP contribution in [0.15, 0.2) is 24.3 Å². The Balaban J connectivity index is 2.31. The molecular formula is C14H14FNS. The lowest BCUT2D eigenvalue weighted by Crippen LogP contribution is -2.14. The summed E-state index contributed by atoms with van der Waals surface area (Å²) in [6.45, 7) is 0. The zero-order valence-electron chi connectivity index (χ0n) is 9.66. The molecule has 3 heteroatoms. The molecule has 1 unspecified atom stereocenters. The SMILES string of the molecule is C#CCCC(NC)c1cc2ccc(F)cc2s1. The summed E-state index contributed by atoms with van der Waals surface area (Å²) >= 11 is 1.62. The van der Waals surface area contributed by atoms with Crippen molar-refractivity contribution in [1.82, 2.24) is 5.32 Å². The molecule has 0 saturated heterocycles. The fourth-order valence-electron chi connectivity index (χ4n) is 1.85. The first-order valence-corrected chi connectivity index (χ1v) is 6.36. The van der Waals surface area contributed by atoms with Gasteiger partial charge in [0.1, 0.15) is 5.82 Å². The van der Waals surface area contributed by atoms with Crippen LogP contribution in [-0.4, -0.2) is 7.05 Å². The number of fused-ring (bicyclic) bond motifs is 1. The van der Waals surface area contributed by atoms with Crippen LogP contribution in [0.1, 0.15) is 23.8 Å². The van der Waals surface area contributed by atoms with Crippen molar-refractivity contribution in [1.29, 1.82) is 0 Å². The van der Waals surface area contributed by atoms with E-state index < -0.39 is 0 Å². The molecule has 17 heavy (non-hydrogen) atoms. The van der Waals surface area contributed by atoms with Gasteiger partial charge in [-0.3, -0.25) is 0 Å². The minimum atomic E-state index is -0.185. The summed E-state index contributed by atoms with van der Waals surface area (Å²) in [6, 6.07) is 7.26. The van der Waals surface area contributed by atoms with Crippen molar-refractivity contribution in [2.45, 2.75) is 18.9 Å². The summed E-state index contributed by atoms with van der Waals surface area (Å²) in [6.07, 6.45) is 6.93. The van der Waals surface area contributed by atoms with Crippen LogP contribution in [0.2, 0.25) is 0 Å². The molecule has 0 aliphatic carbocycles. The van der Waals surface area contributed by atoms with E-state index in [0.717, 1.165) is 22.9 Å². The normalized spacial score (nSPS) is 12.5. The van der Waals surface area contributed by atoms with Crippen molar-refractivity contribution in [2.24, 2.45) is 0 Å². The molecule has 1 aromatic heterocycles. The molecule has 1 atom stereocenters. The third-order valence-electron chi connectivity index (χ3n) is 2.77. The highest BCUT2D eigenvalue weighted by molar-refractivity contribution is 7.19. The number of terminal acetylenes is 1. The van der Waals surface area contributed by atoms with Crippen molar-refractivity contribution in [3.63, 3.8) is 0 Å². The molecule has 0 spiro atoms. The van der Waals surface area contributed by atoms with Crippen molar-refractivity contribution >= 4 is 21.4 Å². The highest BCUT2D eigenvalue weighted by atomic mass is 32.1. The first-order chi connectivity index (χ1) is 8.24. The summed E-state index contributed by atoms with van der Waals surface area (Å²) in [5.41, 5.74) is 0. The molecule has 0 bridgehead atoms. The highest BCUT2D eigenvalue weighted by Crippen LogP contribution is 2.32. The van der Waals surface area contributed by atoms with Gasteiger partial charge >= 0.3 is 0 Å². The molecule has 1 N–H and O–H groups in total. The number of benzene rings is 1. The Labute approximate surface area is 105 Å². The fourth-order valence-corrected chi connectivity index (χ4v) is 3.09. The average molecular weight is 247 g/mol. The molecule has 0 aliphatic heterocycles. The first-order valence-electron chi connectivity index (χ1n) is 5.54. The van der Waals surface area contributed by atoms with Crippen molar-refractivity contribution in [3.8, 4) is 12.3 Å². The second kappa shape index (κ2) is 5.31. The zero-order chi connectivity index (χ0) is 12.3. The number of hydrogen-bond donors (Lipinski definition) is 1. The van der Waals surface area contributed by atoms with Gasteiger partial charge < -0.3 is 5.32 Å². The summed E-state index contributed by atoms with van der Waals surface area (Å²) in [5, 5.41) is 4.34. The average Bonchev–Trinajstić information content (AvgIpc) is 2.72. The minimum absolute atomic E-state index is 0.185. The van der Waals surface area contributed by atoms with E-state index >= 15 is 0 Å². The summed E-state index contributed by atoms with van der Waals surface area (Å²) in [7, 11) is 1.92. The van der Waals surface area contributed by atoms with Gasteiger partial charge in [0.25, 0.3) is 0 Å². The molecule has 1 nitrogen and oxygen atoms in total. The van der Waals surface area contributed by atoms with Gasteiger partial charge in [-0.2, -0.15) is 0 Å². The lowest BCUT2D eigenvalue weighted by molar-refractivity contribution is 0.568. The molecule has 0 saturated carbocycles. The lowest BCUT2D eigenvalue weighted by atomic mass is 10.1. The van der Waals surface area contributed by atoms with Gasteiger partial charge in [0.05, 0.1) is 0 Å². The largest absolute Gasteiger partial charge is 0.312 e. The van der Waals surface area contributed by atoms with Crippen LogP contribution in [0.25, 0.3) is 10.1 Å². The van der Waals surface area contributed by atoms with Gasteiger partial charge in [-0.15, -0.1) is 23.7 Å². The number of halogens is 1. The van der Waals surface area contributed by atoms with E-state index in [9.17, 15) is 4.39 Å². The molecule has 0 radical (unpaired) electrons. The van der Waals surface area contributed by atoms with Crippen molar-refractivity contribution in [3.05, 3.63) is 35.0 Å². The maximum absolute atomic E-state index is 13.1. The molecule has 0 aliphatic rings. The van der Waals surface area contributed by atoms with Crippen LogP contribution in [0.3, 0.4) is 0 Å². The Morgan fingerprint density at radius 1 is 1.47 bits per heavy atom. The summed E-state index contributed by atoms with van der Waals surface area (Å²) in [4.78, 5) is 1.21. The van der Waals surface area contributed by atoms with Crippen LogP contribution in [0.5, 0.6) is 0 Å². The van der Waals surface area contributed by atoms with Gasteiger partial charge in [-0.25, -0.2) is 4.39 Å². The van der Waals surface area contributed by atoms with Crippen molar-refractivity contribution in [2.75, 3.05) is 7.05 Å². The van der Waals surface area contributed by atoms with E-state index in [2.05, 4.69) is 17.3 Å². The molecule has 0 fully saturated rings. The van der Waals surface area contributed by atoms with Crippen LogP contribution in [0.4, 0.5) is 4.39 Å². The number of nitrogens with one attached hydrogen (secondary N) is 1. The Kier molecular flexibility index (Phi) is 3.78. The first kappa shape index (κ1) is 12.1. The van der Waals surface area contributed by atoms with E-state index in [1.165, 1.54) is 10.9 Å². The van der Waals surface area contributed by atoms with Gasteiger partial charge in [-0.05, 0) is 37.1 Å². The zero-order valence-corrected chi connectivity index (χ0v) is 10.5. The molecule has 1 aromatic carbocycles. The maximum Gasteiger partial charge on any atom is 0.124 e. The quantitative estimate of drug-likeness (QED) is 0.812. The number of thiophene rings is 1. The number of hydrogen-bond acceptors (Lipinski definition) is 2. The monoisotopic (exact) mass is 247 g/mol. The third kappa shape index (κ3) is 2.66. The molecule has 88 valence electrons. The predicted octanol–water partition coefficient (Wildman–Crippen LogP) is 3.71. The fraction of sp³-hybridized carbons (Fsp3) is 0.286. The number of rotatable bonds is 4. The lowest BCUT2D eigenvalue weighted by Gasteiger charge is -2.12. The Morgan fingerprint density at radius 3 is 3.00 bits per heavy atom. The molecule has 1 heterocycles. The van der Waals surface area contributed by atoms with Crippen LogP contribution >= 0.6 is 11.3 Å². The maximum atomic E-state index is 13.1. The summed E-state index contributed by atoms with van der Waals surface area (Å²) < 4.78 is 14.1. The van der Waals surface area contributed by atoms with Crippen LogP contribution in [-0.2, 0) is 0 Å². The van der Waals surface area contributed by atoms with Gasteiger partial charge in [0, 0.05) is 22.0 Å². The van der Waals surface area contributed by atoms with Gasteiger partial charge in [0.2, 0.25) is 0 Å². The molecule has 2 aromatic rings. The van der Waals surface area contributed by atoms with E-state index in [1.807, 2.05) is 13.1 Å². The van der Waals surface area contributed by atoms with Gasteiger partial charge in [0.15, 0.2) is 0 Å². The minimum Gasteiger partial charge on any atom is -0.312 e. The Morgan fingerprint density at radius 2 is 2.29 bits per heavy atom. The second-order valence-electron chi connectivity index (χ2n) is 3.91. The Bertz CT molecular complexity index is 553. The smallest absolute Gasteiger partial charge is 0.124 e. The van der Waals surface area contributed by atoms with E-state index in [1.54, 1.807) is 17.4 Å². The second-order valence-corrected chi connectivity index (χ2v) is 5.03.